The highest BCUT2D eigenvalue weighted by molar-refractivity contribution is 5.43. The SMILES string of the molecule is Cc1cc(N2CCC[C@@H]2c2cncc(C)n2)ncn1. The molecule has 1 atom stereocenters. The minimum Gasteiger partial charge on any atom is -0.348 e. The molecule has 0 amide bonds. The Bertz CT molecular complexity index is 532. The number of anilines is 1. The molecule has 1 aliphatic heterocycles. The molecule has 3 rings (SSSR count). The molecule has 0 spiro atoms. The van der Waals surface area contributed by atoms with Crippen LogP contribution in [0.4, 0.5) is 5.82 Å². The van der Waals surface area contributed by atoms with Crippen molar-refractivity contribution < 1.29 is 0 Å². The molecular formula is C14H17N5. The highest BCUT2D eigenvalue weighted by atomic mass is 15.2. The molecule has 3 heterocycles. The molecular weight excluding hydrogens is 238 g/mol. The maximum Gasteiger partial charge on any atom is 0.132 e. The maximum absolute atomic E-state index is 4.61. The van der Waals surface area contributed by atoms with Crippen LogP contribution in [0.1, 0.15) is 36.0 Å². The second-order valence-electron chi connectivity index (χ2n) is 4.95. The summed E-state index contributed by atoms with van der Waals surface area (Å²) in [5.74, 6) is 0.985. The fourth-order valence-corrected chi connectivity index (χ4v) is 2.59. The second kappa shape index (κ2) is 4.91. The number of rotatable bonds is 2. The number of hydrogen-bond acceptors (Lipinski definition) is 5. The van der Waals surface area contributed by atoms with E-state index in [4.69, 9.17) is 0 Å². The van der Waals surface area contributed by atoms with Crippen molar-refractivity contribution in [1.82, 2.24) is 19.9 Å². The molecule has 19 heavy (non-hydrogen) atoms. The van der Waals surface area contributed by atoms with Gasteiger partial charge in [-0.2, -0.15) is 0 Å². The summed E-state index contributed by atoms with van der Waals surface area (Å²) in [6.07, 6.45) is 7.54. The molecule has 0 unspecified atom stereocenters. The zero-order valence-electron chi connectivity index (χ0n) is 11.2. The molecule has 2 aromatic heterocycles. The van der Waals surface area contributed by atoms with Crippen LogP contribution in [0.15, 0.2) is 24.8 Å². The third kappa shape index (κ3) is 2.41. The molecule has 0 radical (unpaired) electrons. The number of aryl methyl sites for hydroxylation is 2. The summed E-state index contributed by atoms with van der Waals surface area (Å²) < 4.78 is 0. The first-order chi connectivity index (χ1) is 9.24. The summed E-state index contributed by atoms with van der Waals surface area (Å²) in [4.78, 5) is 19.7. The predicted octanol–water partition coefficient (Wildman–Crippen LogP) is 2.22. The van der Waals surface area contributed by atoms with Crippen LogP contribution in [0.5, 0.6) is 0 Å². The number of nitrogens with zero attached hydrogens (tertiary/aromatic N) is 5. The van der Waals surface area contributed by atoms with Gasteiger partial charge in [0.25, 0.3) is 0 Å². The summed E-state index contributed by atoms with van der Waals surface area (Å²) in [6, 6.07) is 2.31. The van der Waals surface area contributed by atoms with Gasteiger partial charge in [-0.25, -0.2) is 9.97 Å². The van der Waals surface area contributed by atoms with Crippen molar-refractivity contribution in [2.75, 3.05) is 11.4 Å². The average Bonchev–Trinajstić information content (AvgIpc) is 2.88. The fraction of sp³-hybridized carbons (Fsp3) is 0.429. The molecule has 1 fully saturated rings. The van der Waals surface area contributed by atoms with Crippen molar-refractivity contribution >= 4 is 5.82 Å². The third-order valence-electron chi connectivity index (χ3n) is 3.45. The van der Waals surface area contributed by atoms with E-state index in [1.165, 1.54) is 0 Å². The monoisotopic (exact) mass is 255 g/mol. The Balaban J connectivity index is 1.93. The van der Waals surface area contributed by atoms with Crippen molar-refractivity contribution in [3.8, 4) is 0 Å². The topological polar surface area (TPSA) is 54.8 Å². The van der Waals surface area contributed by atoms with E-state index in [1.807, 2.05) is 26.1 Å². The van der Waals surface area contributed by atoms with E-state index in [0.717, 1.165) is 42.3 Å². The van der Waals surface area contributed by atoms with Crippen LogP contribution >= 0.6 is 0 Å². The van der Waals surface area contributed by atoms with Gasteiger partial charge < -0.3 is 4.90 Å². The van der Waals surface area contributed by atoms with Gasteiger partial charge in [0, 0.05) is 24.5 Å². The molecule has 0 aliphatic carbocycles. The largest absolute Gasteiger partial charge is 0.348 e. The average molecular weight is 255 g/mol. The Kier molecular flexibility index (Phi) is 3.11. The smallest absolute Gasteiger partial charge is 0.132 e. The normalized spacial score (nSPS) is 18.8. The number of aromatic nitrogens is 4. The van der Waals surface area contributed by atoms with Gasteiger partial charge >= 0.3 is 0 Å². The Labute approximate surface area is 112 Å². The van der Waals surface area contributed by atoms with Crippen molar-refractivity contribution in [3.63, 3.8) is 0 Å². The summed E-state index contributed by atoms with van der Waals surface area (Å²) in [5, 5.41) is 0. The second-order valence-corrected chi connectivity index (χ2v) is 4.95. The molecule has 0 bridgehead atoms. The van der Waals surface area contributed by atoms with E-state index in [1.54, 1.807) is 12.5 Å². The molecule has 1 saturated heterocycles. The van der Waals surface area contributed by atoms with Crippen molar-refractivity contribution in [2.24, 2.45) is 0 Å². The van der Waals surface area contributed by atoms with E-state index in [-0.39, 0.29) is 6.04 Å². The minimum absolute atomic E-state index is 0.279. The van der Waals surface area contributed by atoms with Crippen LogP contribution in [-0.4, -0.2) is 26.5 Å². The first-order valence-corrected chi connectivity index (χ1v) is 6.58. The van der Waals surface area contributed by atoms with Gasteiger partial charge in [0.05, 0.1) is 23.6 Å². The molecule has 5 nitrogen and oxygen atoms in total. The molecule has 5 heteroatoms. The van der Waals surface area contributed by atoms with Gasteiger partial charge in [-0.1, -0.05) is 0 Å². The lowest BCUT2D eigenvalue weighted by Gasteiger charge is -2.25. The van der Waals surface area contributed by atoms with E-state index in [2.05, 4.69) is 24.8 Å². The first kappa shape index (κ1) is 12.0. The standard InChI is InChI=1S/C14H17N5/c1-10-6-14(17-9-16-10)19-5-3-4-13(19)12-8-15-7-11(2)18-12/h6-9,13H,3-5H2,1-2H3/t13-/m1/s1. The number of hydrogen-bond donors (Lipinski definition) is 0. The van der Waals surface area contributed by atoms with E-state index in [9.17, 15) is 0 Å². The van der Waals surface area contributed by atoms with Gasteiger partial charge in [-0.05, 0) is 26.7 Å². The van der Waals surface area contributed by atoms with Crippen molar-refractivity contribution in [3.05, 3.63) is 41.9 Å². The van der Waals surface area contributed by atoms with Crippen LogP contribution in [0.25, 0.3) is 0 Å². The molecule has 2 aromatic rings. The quantitative estimate of drug-likeness (QED) is 0.823. The minimum atomic E-state index is 0.279. The van der Waals surface area contributed by atoms with Gasteiger partial charge in [-0.3, -0.25) is 9.97 Å². The molecule has 0 N–H and O–H groups in total. The van der Waals surface area contributed by atoms with Crippen LogP contribution in [0.2, 0.25) is 0 Å². The van der Waals surface area contributed by atoms with E-state index in [0.29, 0.717) is 0 Å². The lowest BCUT2D eigenvalue weighted by Crippen LogP contribution is -2.24. The van der Waals surface area contributed by atoms with E-state index >= 15 is 0 Å². The maximum atomic E-state index is 4.61. The van der Waals surface area contributed by atoms with Gasteiger partial charge in [0.1, 0.15) is 12.1 Å². The molecule has 0 aromatic carbocycles. The first-order valence-electron chi connectivity index (χ1n) is 6.58. The Morgan fingerprint density at radius 1 is 1.16 bits per heavy atom. The lowest BCUT2D eigenvalue weighted by molar-refractivity contribution is 0.678. The highest BCUT2D eigenvalue weighted by Crippen LogP contribution is 2.33. The zero-order valence-corrected chi connectivity index (χ0v) is 11.2. The Hall–Kier alpha value is -2.04. The Morgan fingerprint density at radius 3 is 2.84 bits per heavy atom. The van der Waals surface area contributed by atoms with Crippen LogP contribution < -0.4 is 4.90 Å². The van der Waals surface area contributed by atoms with Gasteiger partial charge in [0.2, 0.25) is 0 Å². The zero-order chi connectivity index (χ0) is 13.2. The molecule has 98 valence electrons. The van der Waals surface area contributed by atoms with Crippen LogP contribution in [0.3, 0.4) is 0 Å². The fourth-order valence-electron chi connectivity index (χ4n) is 2.59. The summed E-state index contributed by atoms with van der Waals surface area (Å²) in [6.45, 7) is 4.98. The molecule has 1 aliphatic rings. The third-order valence-corrected chi connectivity index (χ3v) is 3.45. The Morgan fingerprint density at radius 2 is 2.05 bits per heavy atom. The van der Waals surface area contributed by atoms with Crippen molar-refractivity contribution in [2.45, 2.75) is 32.7 Å². The van der Waals surface area contributed by atoms with Gasteiger partial charge in [-0.15, -0.1) is 0 Å². The lowest BCUT2D eigenvalue weighted by atomic mass is 10.1. The molecule has 0 saturated carbocycles. The highest BCUT2D eigenvalue weighted by Gasteiger charge is 2.28. The summed E-state index contributed by atoms with van der Waals surface area (Å²) in [7, 11) is 0. The van der Waals surface area contributed by atoms with Crippen LogP contribution in [0, 0.1) is 13.8 Å². The van der Waals surface area contributed by atoms with E-state index < -0.39 is 0 Å². The summed E-state index contributed by atoms with van der Waals surface area (Å²) >= 11 is 0. The summed E-state index contributed by atoms with van der Waals surface area (Å²) in [5.41, 5.74) is 2.99. The van der Waals surface area contributed by atoms with Crippen LogP contribution in [-0.2, 0) is 0 Å². The van der Waals surface area contributed by atoms with Gasteiger partial charge in [0.15, 0.2) is 0 Å². The predicted molar refractivity (Wildman–Crippen MR) is 72.9 cm³/mol. The van der Waals surface area contributed by atoms with Crippen molar-refractivity contribution in [1.29, 1.82) is 0 Å².